The number of hydrogen-bond acceptors (Lipinski definition) is 4. The van der Waals surface area contributed by atoms with Gasteiger partial charge < -0.3 is 4.74 Å². The van der Waals surface area contributed by atoms with E-state index in [1.165, 1.54) is 5.57 Å². The molecule has 0 aromatic heterocycles. The van der Waals surface area contributed by atoms with Crippen LogP contribution in [0.5, 0.6) is 0 Å². The van der Waals surface area contributed by atoms with E-state index >= 15 is 0 Å². The summed E-state index contributed by atoms with van der Waals surface area (Å²) < 4.78 is 7.95. The van der Waals surface area contributed by atoms with Gasteiger partial charge in [0.1, 0.15) is 0 Å². The third kappa shape index (κ3) is 3.37. The highest BCUT2D eigenvalue weighted by Crippen LogP contribution is 2.69. The lowest BCUT2D eigenvalue weighted by atomic mass is 9.46. The standard InChI is InChI=1S/C28H32Br2O4/c1-16(31)28(34-25(33)17-4-6-18(29)7-5-17)15-11-21-19-8-9-22-24(30)23(32)12-13-26(22,2)20(19)10-14-27(21,28)3/h4-7,19-21H,8-15H2,1-3H3/t19?,20?,21?,26-,27+,28+/m1/s1. The van der Waals surface area contributed by atoms with Crippen LogP contribution in [0.1, 0.15) is 82.5 Å². The van der Waals surface area contributed by atoms with E-state index in [0.717, 1.165) is 47.5 Å². The van der Waals surface area contributed by atoms with Crippen LogP contribution in [0.15, 0.2) is 38.8 Å². The third-order valence-electron chi connectivity index (χ3n) is 10.1. The van der Waals surface area contributed by atoms with Crippen molar-refractivity contribution in [1.29, 1.82) is 0 Å². The van der Waals surface area contributed by atoms with E-state index < -0.39 is 11.6 Å². The summed E-state index contributed by atoms with van der Waals surface area (Å²) >= 11 is 7.04. The average Bonchev–Trinajstić information content (AvgIpc) is 3.10. The lowest BCUT2D eigenvalue weighted by Gasteiger charge is -2.59. The summed E-state index contributed by atoms with van der Waals surface area (Å²) in [6, 6.07) is 7.12. The number of Topliss-reactive ketones (excluding diaryl/α,β-unsaturated/α-hetero) is 2. The molecule has 182 valence electrons. The molecule has 4 aliphatic carbocycles. The van der Waals surface area contributed by atoms with Crippen molar-refractivity contribution in [2.75, 3.05) is 0 Å². The van der Waals surface area contributed by atoms with Crippen molar-refractivity contribution in [2.45, 2.75) is 77.7 Å². The van der Waals surface area contributed by atoms with Crippen LogP contribution >= 0.6 is 31.9 Å². The van der Waals surface area contributed by atoms with Gasteiger partial charge in [-0.3, -0.25) is 9.59 Å². The lowest BCUT2D eigenvalue weighted by molar-refractivity contribution is -0.161. The van der Waals surface area contributed by atoms with Crippen molar-refractivity contribution in [1.82, 2.24) is 0 Å². The molecule has 5 rings (SSSR count). The molecule has 3 unspecified atom stereocenters. The smallest absolute Gasteiger partial charge is 0.339 e. The van der Waals surface area contributed by atoms with E-state index in [2.05, 4.69) is 45.7 Å². The summed E-state index contributed by atoms with van der Waals surface area (Å²) in [5.74, 6) is 1.11. The molecule has 1 aromatic rings. The monoisotopic (exact) mass is 590 g/mol. The predicted octanol–water partition coefficient (Wildman–Crippen LogP) is 7.19. The number of esters is 1. The highest BCUT2D eigenvalue weighted by atomic mass is 79.9. The van der Waals surface area contributed by atoms with Crippen LogP contribution < -0.4 is 0 Å². The quantitative estimate of drug-likeness (QED) is 0.349. The summed E-state index contributed by atoms with van der Waals surface area (Å²) in [5.41, 5.74) is 0.372. The fourth-order valence-electron chi connectivity index (χ4n) is 8.27. The number of fused-ring (bicyclic) bond motifs is 5. The zero-order chi connectivity index (χ0) is 24.5. The maximum Gasteiger partial charge on any atom is 0.339 e. The van der Waals surface area contributed by atoms with Crippen LogP contribution in [0.3, 0.4) is 0 Å². The van der Waals surface area contributed by atoms with Crippen LogP contribution in [0.4, 0.5) is 0 Å². The molecule has 6 heteroatoms. The van der Waals surface area contributed by atoms with E-state index in [1.54, 1.807) is 19.1 Å². The van der Waals surface area contributed by atoms with Crippen LogP contribution in [-0.4, -0.2) is 23.1 Å². The molecule has 0 spiro atoms. The summed E-state index contributed by atoms with van der Waals surface area (Å²) in [6.07, 6.45) is 6.84. The molecule has 0 radical (unpaired) electrons. The summed E-state index contributed by atoms with van der Waals surface area (Å²) in [6.45, 7) is 6.16. The van der Waals surface area contributed by atoms with Gasteiger partial charge in [-0.2, -0.15) is 0 Å². The summed E-state index contributed by atoms with van der Waals surface area (Å²) in [7, 11) is 0. The highest BCUT2D eigenvalue weighted by Gasteiger charge is 2.68. The number of ether oxygens (including phenoxy) is 1. The number of carbonyl (C=O) groups is 3. The number of benzene rings is 1. The number of allylic oxidation sites excluding steroid dienone is 1. The average molecular weight is 592 g/mol. The molecular formula is C28H32Br2O4. The van der Waals surface area contributed by atoms with E-state index in [0.29, 0.717) is 36.2 Å². The van der Waals surface area contributed by atoms with E-state index in [4.69, 9.17) is 4.74 Å². The number of rotatable bonds is 3. The minimum Gasteiger partial charge on any atom is -0.447 e. The minimum absolute atomic E-state index is 0.0324. The fraction of sp³-hybridized carbons (Fsp3) is 0.607. The van der Waals surface area contributed by atoms with Crippen molar-refractivity contribution < 1.29 is 19.1 Å². The Morgan fingerprint density at radius 2 is 1.62 bits per heavy atom. The Hall–Kier alpha value is -1.27. The first kappa shape index (κ1) is 24.4. The first-order valence-electron chi connectivity index (χ1n) is 12.5. The van der Waals surface area contributed by atoms with Gasteiger partial charge in [-0.05, 0) is 121 Å². The van der Waals surface area contributed by atoms with Crippen molar-refractivity contribution in [2.24, 2.45) is 28.6 Å². The second-order valence-corrected chi connectivity index (χ2v) is 13.0. The summed E-state index contributed by atoms with van der Waals surface area (Å²) in [4.78, 5) is 38.8. The molecular weight excluding hydrogens is 560 g/mol. The second-order valence-electron chi connectivity index (χ2n) is 11.3. The van der Waals surface area contributed by atoms with Gasteiger partial charge in [0.2, 0.25) is 0 Å². The zero-order valence-electron chi connectivity index (χ0n) is 20.1. The number of halogens is 2. The third-order valence-corrected chi connectivity index (χ3v) is 11.5. The lowest BCUT2D eigenvalue weighted by Crippen LogP contribution is -2.58. The topological polar surface area (TPSA) is 60.4 Å². The second kappa shape index (κ2) is 8.40. The van der Waals surface area contributed by atoms with Gasteiger partial charge >= 0.3 is 5.97 Å². The Labute approximate surface area is 218 Å². The maximum atomic E-state index is 13.2. The molecule has 4 aliphatic rings. The number of hydrogen-bond donors (Lipinski definition) is 0. The van der Waals surface area contributed by atoms with Gasteiger partial charge in [0.05, 0.1) is 10.0 Å². The molecule has 6 atom stereocenters. The number of carbonyl (C=O) groups excluding carboxylic acids is 3. The van der Waals surface area contributed by atoms with Crippen LogP contribution in [0.2, 0.25) is 0 Å². The summed E-state index contributed by atoms with van der Waals surface area (Å²) in [5, 5.41) is 0. The molecule has 4 nitrogen and oxygen atoms in total. The largest absolute Gasteiger partial charge is 0.447 e. The van der Waals surface area contributed by atoms with Crippen molar-refractivity contribution >= 4 is 49.4 Å². The molecule has 3 saturated carbocycles. The predicted molar refractivity (Wildman–Crippen MR) is 138 cm³/mol. The van der Waals surface area contributed by atoms with Crippen molar-refractivity contribution in [3.05, 3.63) is 44.4 Å². The Balaban J connectivity index is 1.47. The molecule has 0 N–H and O–H groups in total. The normalized spacial score (nSPS) is 39.2. The van der Waals surface area contributed by atoms with Crippen LogP contribution in [0, 0.1) is 28.6 Å². The Morgan fingerprint density at radius 3 is 2.29 bits per heavy atom. The van der Waals surface area contributed by atoms with Gasteiger partial charge in [0.15, 0.2) is 17.2 Å². The van der Waals surface area contributed by atoms with Gasteiger partial charge in [-0.25, -0.2) is 4.79 Å². The Bertz CT molecular complexity index is 1090. The van der Waals surface area contributed by atoms with Gasteiger partial charge in [-0.1, -0.05) is 29.8 Å². The van der Waals surface area contributed by atoms with Gasteiger partial charge in [-0.15, -0.1) is 0 Å². The molecule has 34 heavy (non-hydrogen) atoms. The molecule has 0 amide bonds. The van der Waals surface area contributed by atoms with Crippen LogP contribution in [-0.2, 0) is 14.3 Å². The van der Waals surface area contributed by atoms with E-state index in [9.17, 15) is 14.4 Å². The SMILES string of the molecule is CC(=O)[C@@]1(OC(=O)c2ccc(Br)cc2)CCC2C3CCC4=C(Br)C(=O)CC[C@]4(C)C3CC[C@@]21C. The van der Waals surface area contributed by atoms with Gasteiger partial charge in [0, 0.05) is 16.3 Å². The Morgan fingerprint density at radius 1 is 0.941 bits per heavy atom. The highest BCUT2D eigenvalue weighted by molar-refractivity contribution is 9.12. The zero-order valence-corrected chi connectivity index (χ0v) is 23.3. The minimum atomic E-state index is -1.08. The Kier molecular flexibility index (Phi) is 6.03. The van der Waals surface area contributed by atoms with E-state index in [-0.39, 0.29) is 22.4 Å². The number of ketones is 2. The van der Waals surface area contributed by atoms with Crippen LogP contribution in [0.25, 0.3) is 0 Å². The maximum absolute atomic E-state index is 13.2. The first-order valence-corrected chi connectivity index (χ1v) is 14.0. The van der Waals surface area contributed by atoms with Crippen molar-refractivity contribution in [3.63, 3.8) is 0 Å². The molecule has 3 fully saturated rings. The van der Waals surface area contributed by atoms with Gasteiger partial charge in [0.25, 0.3) is 0 Å². The fourth-order valence-corrected chi connectivity index (χ4v) is 9.38. The molecule has 0 saturated heterocycles. The molecule has 0 aliphatic heterocycles. The molecule has 1 aromatic carbocycles. The molecule has 0 heterocycles. The first-order chi connectivity index (χ1) is 16.0. The van der Waals surface area contributed by atoms with Crippen molar-refractivity contribution in [3.8, 4) is 0 Å². The molecule has 0 bridgehead atoms. The van der Waals surface area contributed by atoms with E-state index in [1.807, 2.05) is 12.1 Å².